The van der Waals surface area contributed by atoms with Crippen molar-refractivity contribution in [2.24, 2.45) is 5.73 Å². The number of oxazole rings is 1. The number of nitrogens with two attached hydrogens (primary N) is 1. The van der Waals surface area contributed by atoms with Crippen molar-refractivity contribution in [2.45, 2.75) is 6.18 Å². The Balaban J connectivity index is 2.27. The minimum Gasteiger partial charge on any atom is -0.424 e. The first kappa shape index (κ1) is 12.9. The van der Waals surface area contributed by atoms with E-state index in [1.165, 1.54) is 24.3 Å². The van der Waals surface area contributed by atoms with Gasteiger partial charge in [0.15, 0.2) is 0 Å². The van der Waals surface area contributed by atoms with Crippen molar-refractivity contribution in [2.75, 3.05) is 0 Å². The van der Waals surface area contributed by atoms with E-state index in [4.69, 9.17) is 10.5 Å². The number of amides is 1. The molecule has 100 valence electrons. The van der Waals surface area contributed by atoms with Crippen LogP contribution in [0.1, 0.15) is 16.2 Å². The maximum Gasteiger partial charge on any atom is 0.469 e. The standard InChI is InChI=1S/C11H7F3N2O3/c12-11(13,14)10-16-5-8(19-10)18-7-4-2-1-3-6(7)9(15)17/h1-5H,(H2,15,17). The van der Waals surface area contributed by atoms with Crippen LogP contribution in [-0.2, 0) is 6.18 Å². The zero-order valence-electron chi connectivity index (χ0n) is 9.27. The molecule has 0 bridgehead atoms. The molecular weight excluding hydrogens is 265 g/mol. The Morgan fingerprint density at radius 3 is 2.58 bits per heavy atom. The summed E-state index contributed by atoms with van der Waals surface area (Å²) >= 11 is 0. The molecule has 0 aliphatic carbocycles. The fourth-order valence-corrected chi connectivity index (χ4v) is 1.31. The summed E-state index contributed by atoms with van der Waals surface area (Å²) < 4.78 is 46.2. The topological polar surface area (TPSA) is 78.4 Å². The van der Waals surface area contributed by atoms with Gasteiger partial charge in [0.1, 0.15) is 11.9 Å². The zero-order valence-corrected chi connectivity index (χ0v) is 9.27. The second-order valence-corrected chi connectivity index (χ2v) is 3.44. The van der Waals surface area contributed by atoms with Crippen molar-refractivity contribution in [3.8, 4) is 11.7 Å². The number of para-hydroxylation sites is 1. The molecule has 0 aliphatic rings. The quantitative estimate of drug-likeness (QED) is 0.931. The number of alkyl halides is 3. The molecular formula is C11H7F3N2O3. The van der Waals surface area contributed by atoms with E-state index >= 15 is 0 Å². The lowest BCUT2D eigenvalue weighted by Gasteiger charge is -2.05. The van der Waals surface area contributed by atoms with E-state index in [0.29, 0.717) is 0 Å². The van der Waals surface area contributed by atoms with Crippen molar-refractivity contribution in [3.05, 3.63) is 41.9 Å². The van der Waals surface area contributed by atoms with Crippen LogP contribution in [0.25, 0.3) is 0 Å². The number of halogens is 3. The third-order valence-corrected chi connectivity index (χ3v) is 2.09. The highest BCUT2D eigenvalue weighted by Gasteiger charge is 2.37. The molecule has 0 atom stereocenters. The van der Waals surface area contributed by atoms with Gasteiger partial charge in [0.2, 0.25) is 0 Å². The average Bonchev–Trinajstić information content (AvgIpc) is 2.77. The van der Waals surface area contributed by atoms with Crippen LogP contribution >= 0.6 is 0 Å². The molecule has 8 heteroatoms. The Morgan fingerprint density at radius 1 is 1.32 bits per heavy atom. The lowest BCUT2D eigenvalue weighted by Crippen LogP contribution is -2.11. The molecule has 0 radical (unpaired) electrons. The van der Waals surface area contributed by atoms with E-state index in [0.717, 1.165) is 6.20 Å². The predicted octanol–water partition coefficient (Wildman–Crippen LogP) is 2.58. The van der Waals surface area contributed by atoms with E-state index in [-0.39, 0.29) is 11.3 Å². The van der Waals surface area contributed by atoms with E-state index < -0.39 is 23.9 Å². The van der Waals surface area contributed by atoms with Gasteiger partial charge in [-0.2, -0.15) is 13.2 Å². The molecule has 19 heavy (non-hydrogen) atoms. The van der Waals surface area contributed by atoms with Gasteiger partial charge in [0.25, 0.3) is 5.91 Å². The summed E-state index contributed by atoms with van der Waals surface area (Å²) in [6.07, 6.45) is -3.94. The van der Waals surface area contributed by atoms with Gasteiger partial charge in [0.05, 0.1) is 5.56 Å². The molecule has 1 aromatic carbocycles. The van der Waals surface area contributed by atoms with Crippen LogP contribution in [0.4, 0.5) is 13.2 Å². The monoisotopic (exact) mass is 272 g/mol. The lowest BCUT2D eigenvalue weighted by molar-refractivity contribution is -0.157. The first-order chi connectivity index (χ1) is 8.88. The highest BCUT2D eigenvalue weighted by atomic mass is 19.4. The summed E-state index contributed by atoms with van der Waals surface area (Å²) in [5.41, 5.74) is 5.12. The molecule has 0 aliphatic heterocycles. The normalized spacial score (nSPS) is 11.3. The summed E-state index contributed by atoms with van der Waals surface area (Å²) in [6, 6.07) is 5.81. The largest absolute Gasteiger partial charge is 0.469 e. The molecule has 2 rings (SSSR count). The molecule has 1 amide bonds. The van der Waals surface area contributed by atoms with E-state index in [1.54, 1.807) is 0 Å². The third kappa shape index (κ3) is 2.84. The van der Waals surface area contributed by atoms with Crippen molar-refractivity contribution in [1.29, 1.82) is 0 Å². The molecule has 0 unspecified atom stereocenters. The van der Waals surface area contributed by atoms with Gasteiger partial charge in [0, 0.05) is 0 Å². The van der Waals surface area contributed by atoms with Crippen molar-refractivity contribution >= 4 is 5.91 Å². The Hall–Kier alpha value is -2.51. The van der Waals surface area contributed by atoms with Crippen LogP contribution < -0.4 is 10.5 Å². The van der Waals surface area contributed by atoms with Gasteiger partial charge in [-0.05, 0) is 12.1 Å². The Bertz CT molecular complexity index is 607. The molecule has 1 heterocycles. The molecule has 1 aromatic heterocycles. The highest BCUT2D eigenvalue weighted by molar-refractivity contribution is 5.95. The number of carbonyl (C=O) groups is 1. The first-order valence-corrected chi connectivity index (χ1v) is 4.97. The van der Waals surface area contributed by atoms with Gasteiger partial charge in [-0.3, -0.25) is 4.79 Å². The summed E-state index contributed by atoms with van der Waals surface area (Å²) in [5, 5.41) is 0. The minimum atomic E-state index is -4.70. The average molecular weight is 272 g/mol. The second kappa shape index (κ2) is 4.63. The maximum absolute atomic E-state index is 12.3. The van der Waals surface area contributed by atoms with Crippen LogP contribution in [0.2, 0.25) is 0 Å². The lowest BCUT2D eigenvalue weighted by atomic mass is 10.2. The van der Waals surface area contributed by atoms with E-state index in [2.05, 4.69) is 9.40 Å². The summed E-state index contributed by atoms with van der Waals surface area (Å²) in [4.78, 5) is 14.1. The molecule has 0 saturated carbocycles. The van der Waals surface area contributed by atoms with E-state index in [1.807, 2.05) is 0 Å². The molecule has 0 fully saturated rings. The zero-order chi connectivity index (χ0) is 14.0. The van der Waals surface area contributed by atoms with Gasteiger partial charge < -0.3 is 14.9 Å². The van der Waals surface area contributed by atoms with Crippen molar-refractivity contribution in [1.82, 2.24) is 4.98 Å². The number of benzene rings is 1. The fourth-order valence-electron chi connectivity index (χ4n) is 1.31. The fraction of sp³-hybridized carbons (Fsp3) is 0.0909. The Kier molecular flexibility index (Phi) is 3.16. The number of primary amides is 1. The van der Waals surface area contributed by atoms with Gasteiger partial charge in [-0.1, -0.05) is 12.1 Å². The molecule has 0 saturated heterocycles. The van der Waals surface area contributed by atoms with Crippen LogP contribution in [0.5, 0.6) is 11.7 Å². The minimum absolute atomic E-state index is 0.0140. The van der Waals surface area contributed by atoms with Crippen LogP contribution in [0.15, 0.2) is 34.9 Å². The number of hydrogen-bond donors (Lipinski definition) is 1. The number of ether oxygens (including phenoxy) is 1. The van der Waals surface area contributed by atoms with Crippen LogP contribution in [0.3, 0.4) is 0 Å². The maximum atomic E-state index is 12.3. The summed E-state index contributed by atoms with van der Waals surface area (Å²) in [7, 11) is 0. The van der Waals surface area contributed by atoms with E-state index in [9.17, 15) is 18.0 Å². The Morgan fingerprint density at radius 2 is 2.00 bits per heavy atom. The summed E-state index contributed by atoms with van der Waals surface area (Å²) in [6.45, 7) is 0. The number of nitrogens with zero attached hydrogens (tertiary/aromatic N) is 1. The number of aromatic nitrogens is 1. The second-order valence-electron chi connectivity index (χ2n) is 3.44. The van der Waals surface area contributed by atoms with Gasteiger partial charge in [-0.15, -0.1) is 0 Å². The third-order valence-electron chi connectivity index (χ3n) is 2.09. The summed E-state index contributed by atoms with van der Waals surface area (Å²) in [5.74, 6) is -2.70. The number of rotatable bonds is 3. The van der Waals surface area contributed by atoms with Gasteiger partial charge in [-0.25, -0.2) is 4.98 Å². The predicted molar refractivity (Wildman–Crippen MR) is 56.5 cm³/mol. The highest BCUT2D eigenvalue weighted by Crippen LogP contribution is 2.32. The number of carbonyl (C=O) groups excluding carboxylic acids is 1. The van der Waals surface area contributed by atoms with Crippen molar-refractivity contribution in [3.63, 3.8) is 0 Å². The SMILES string of the molecule is NC(=O)c1ccccc1Oc1cnc(C(F)(F)F)o1. The van der Waals surface area contributed by atoms with Crippen LogP contribution in [-0.4, -0.2) is 10.9 Å². The molecule has 0 spiro atoms. The van der Waals surface area contributed by atoms with Crippen molar-refractivity contribution < 1.29 is 27.1 Å². The van der Waals surface area contributed by atoms with Gasteiger partial charge >= 0.3 is 18.0 Å². The van der Waals surface area contributed by atoms with Crippen LogP contribution in [0, 0.1) is 0 Å². The molecule has 2 aromatic rings. The Labute approximate surface area is 104 Å². The number of hydrogen-bond acceptors (Lipinski definition) is 4. The first-order valence-electron chi connectivity index (χ1n) is 4.97. The molecule has 5 nitrogen and oxygen atoms in total. The molecule has 2 N–H and O–H groups in total. The smallest absolute Gasteiger partial charge is 0.424 e.